The zero-order chi connectivity index (χ0) is 15.2. The summed E-state index contributed by atoms with van der Waals surface area (Å²) in [5.41, 5.74) is 1.56. The summed E-state index contributed by atoms with van der Waals surface area (Å²) in [4.78, 5) is 11.2. The third-order valence-electron chi connectivity index (χ3n) is 2.85. The minimum atomic E-state index is -2.99. The van der Waals surface area contributed by atoms with Crippen molar-refractivity contribution < 1.29 is 13.2 Å². The molecule has 20 heavy (non-hydrogen) atoms. The van der Waals surface area contributed by atoms with Gasteiger partial charge in [0.15, 0.2) is 9.84 Å². The van der Waals surface area contributed by atoms with Gasteiger partial charge in [0.2, 0.25) is 5.91 Å². The van der Waals surface area contributed by atoms with Crippen LogP contribution in [0.1, 0.15) is 27.2 Å². The second-order valence-corrected chi connectivity index (χ2v) is 7.12. The van der Waals surface area contributed by atoms with Crippen LogP contribution in [0.4, 0.5) is 11.4 Å². The number of hydrogen-bond acceptors (Lipinski definition) is 4. The molecule has 0 spiro atoms. The van der Waals surface area contributed by atoms with Gasteiger partial charge in [0, 0.05) is 29.6 Å². The smallest absolute Gasteiger partial charge is 0.224 e. The van der Waals surface area contributed by atoms with E-state index in [0.29, 0.717) is 6.42 Å². The third-order valence-corrected chi connectivity index (χ3v) is 4.73. The lowest BCUT2D eigenvalue weighted by Gasteiger charge is -2.15. The first-order valence-electron chi connectivity index (χ1n) is 6.73. The van der Waals surface area contributed by atoms with Crippen LogP contribution >= 0.6 is 0 Å². The number of carbonyl (C=O) groups excluding carboxylic acids is 1. The van der Waals surface area contributed by atoms with Crippen LogP contribution < -0.4 is 10.6 Å². The van der Waals surface area contributed by atoms with E-state index in [1.807, 2.05) is 19.1 Å². The maximum Gasteiger partial charge on any atom is 0.224 e. The molecule has 5 nitrogen and oxygen atoms in total. The normalized spacial score (nSPS) is 12.8. The fourth-order valence-electron chi connectivity index (χ4n) is 1.72. The fourth-order valence-corrected chi connectivity index (χ4v) is 2.80. The Morgan fingerprint density at radius 2 is 1.70 bits per heavy atom. The number of amides is 1. The Hall–Kier alpha value is -1.56. The van der Waals surface area contributed by atoms with E-state index in [1.54, 1.807) is 26.0 Å². The number of benzene rings is 1. The van der Waals surface area contributed by atoms with Gasteiger partial charge in [-0.25, -0.2) is 8.42 Å². The number of hydrogen-bond donors (Lipinski definition) is 2. The molecule has 0 aliphatic carbocycles. The Labute approximate surface area is 120 Å². The summed E-state index contributed by atoms with van der Waals surface area (Å²) in [5, 5.41) is 5.89. The molecule has 0 radical (unpaired) electrons. The molecule has 1 amide bonds. The summed E-state index contributed by atoms with van der Waals surface area (Å²) in [6.07, 6.45) is 0.436. The monoisotopic (exact) mass is 298 g/mol. The van der Waals surface area contributed by atoms with Gasteiger partial charge in [0.1, 0.15) is 0 Å². The van der Waals surface area contributed by atoms with Gasteiger partial charge in [0.05, 0.1) is 5.75 Å². The minimum Gasteiger partial charge on any atom is -0.382 e. The molecule has 0 bridgehead atoms. The average Bonchev–Trinajstić information content (AvgIpc) is 2.40. The van der Waals surface area contributed by atoms with Crippen LogP contribution in [0.2, 0.25) is 0 Å². The molecule has 1 aromatic carbocycles. The summed E-state index contributed by atoms with van der Waals surface area (Å²) in [5.74, 6) is 0.229. The second-order valence-electron chi connectivity index (χ2n) is 4.72. The first-order chi connectivity index (χ1) is 9.36. The highest BCUT2D eigenvalue weighted by Crippen LogP contribution is 2.15. The maximum atomic E-state index is 11.5. The topological polar surface area (TPSA) is 75.3 Å². The zero-order valence-corrected chi connectivity index (χ0v) is 13.0. The average molecular weight is 298 g/mol. The Bertz CT molecular complexity index is 538. The van der Waals surface area contributed by atoms with Crippen LogP contribution in [0.3, 0.4) is 0 Å². The Morgan fingerprint density at radius 1 is 1.15 bits per heavy atom. The summed E-state index contributed by atoms with van der Waals surface area (Å²) < 4.78 is 23.0. The molecule has 1 atom stereocenters. The van der Waals surface area contributed by atoms with Crippen LogP contribution in [-0.4, -0.2) is 31.9 Å². The largest absolute Gasteiger partial charge is 0.382 e. The maximum absolute atomic E-state index is 11.5. The SMILES string of the molecule is CCC(=O)Nc1ccc(NC(C)CS(=O)(=O)CC)cc1. The molecule has 2 N–H and O–H groups in total. The predicted octanol–water partition coefficient (Wildman–Crippen LogP) is 2.27. The molecule has 0 saturated carbocycles. The molecule has 1 unspecified atom stereocenters. The molecule has 0 aliphatic heterocycles. The lowest BCUT2D eigenvalue weighted by atomic mass is 10.2. The van der Waals surface area contributed by atoms with Crippen molar-refractivity contribution in [2.75, 3.05) is 22.1 Å². The lowest BCUT2D eigenvalue weighted by molar-refractivity contribution is -0.115. The van der Waals surface area contributed by atoms with Crippen LogP contribution in [0, 0.1) is 0 Å². The van der Waals surface area contributed by atoms with E-state index in [-0.39, 0.29) is 23.5 Å². The first-order valence-corrected chi connectivity index (χ1v) is 8.55. The number of rotatable bonds is 7. The van der Waals surface area contributed by atoms with E-state index in [9.17, 15) is 13.2 Å². The molecule has 112 valence electrons. The van der Waals surface area contributed by atoms with Gasteiger partial charge in [-0.05, 0) is 31.2 Å². The van der Waals surface area contributed by atoms with Gasteiger partial charge < -0.3 is 10.6 Å². The highest BCUT2D eigenvalue weighted by molar-refractivity contribution is 7.91. The Balaban J connectivity index is 2.59. The van der Waals surface area contributed by atoms with Gasteiger partial charge in [-0.15, -0.1) is 0 Å². The molecular formula is C14H22N2O3S. The van der Waals surface area contributed by atoms with Crippen molar-refractivity contribution in [2.24, 2.45) is 0 Å². The molecular weight excluding hydrogens is 276 g/mol. The molecule has 1 rings (SSSR count). The van der Waals surface area contributed by atoms with Crippen molar-refractivity contribution in [3.05, 3.63) is 24.3 Å². The van der Waals surface area contributed by atoms with Crippen LogP contribution in [0.5, 0.6) is 0 Å². The standard InChI is InChI=1S/C14H22N2O3S/c1-4-14(17)16-13-8-6-12(7-9-13)15-11(3)10-20(18,19)5-2/h6-9,11,15H,4-5,10H2,1-3H3,(H,16,17). The molecule has 0 saturated heterocycles. The fraction of sp³-hybridized carbons (Fsp3) is 0.500. The number of sulfone groups is 1. The quantitative estimate of drug-likeness (QED) is 0.809. The van der Waals surface area contributed by atoms with E-state index in [2.05, 4.69) is 10.6 Å². The lowest BCUT2D eigenvalue weighted by Crippen LogP contribution is -2.26. The van der Waals surface area contributed by atoms with E-state index < -0.39 is 9.84 Å². The minimum absolute atomic E-state index is 0.0342. The van der Waals surface area contributed by atoms with E-state index in [4.69, 9.17) is 0 Å². The number of carbonyl (C=O) groups is 1. The molecule has 0 fully saturated rings. The number of nitrogens with one attached hydrogen (secondary N) is 2. The van der Waals surface area contributed by atoms with Gasteiger partial charge in [0.25, 0.3) is 0 Å². The summed E-state index contributed by atoms with van der Waals surface area (Å²) >= 11 is 0. The van der Waals surface area contributed by atoms with Gasteiger partial charge >= 0.3 is 0 Å². The van der Waals surface area contributed by atoms with E-state index >= 15 is 0 Å². The summed E-state index contributed by atoms with van der Waals surface area (Å²) in [7, 11) is -2.99. The van der Waals surface area contributed by atoms with E-state index in [1.165, 1.54) is 0 Å². The van der Waals surface area contributed by atoms with Crippen molar-refractivity contribution in [2.45, 2.75) is 33.2 Å². The van der Waals surface area contributed by atoms with E-state index in [0.717, 1.165) is 11.4 Å². The van der Waals surface area contributed by atoms with Gasteiger partial charge in [-0.2, -0.15) is 0 Å². The molecule has 0 aliphatic rings. The Morgan fingerprint density at radius 3 is 2.20 bits per heavy atom. The third kappa shape index (κ3) is 5.61. The molecule has 0 aromatic heterocycles. The van der Waals surface area contributed by atoms with Crippen molar-refractivity contribution in [3.8, 4) is 0 Å². The van der Waals surface area contributed by atoms with Crippen LogP contribution in [0.15, 0.2) is 24.3 Å². The van der Waals surface area contributed by atoms with Crippen LogP contribution in [-0.2, 0) is 14.6 Å². The molecule has 6 heteroatoms. The second kappa shape index (κ2) is 7.28. The van der Waals surface area contributed by atoms with Crippen molar-refractivity contribution in [3.63, 3.8) is 0 Å². The van der Waals surface area contributed by atoms with Crippen molar-refractivity contribution in [1.82, 2.24) is 0 Å². The molecule has 1 aromatic rings. The van der Waals surface area contributed by atoms with Crippen molar-refractivity contribution in [1.29, 1.82) is 0 Å². The van der Waals surface area contributed by atoms with Gasteiger partial charge in [-0.1, -0.05) is 13.8 Å². The molecule has 0 heterocycles. The number of anilines is 2. The highest BCUT2D eigenvalue weighted by Gasteiger charge is 2.13. The first kappa shape index (κ1) is 16.5. The van der Waals surface area contributed by atoms with Gasteiger partial charge in [-0.3, -0.25) is 4.79 Å². The predicted molar refractivity (Wildman–Crippen MR) is 82.8 cm³/mol. The Kier molecular flexibility index (Phi) is 6.01. The summed E-state index contributed by atoms with van der Waals surface area (Å²) in [6.45, 7) is 5.27. The zero-order valence-electron chi connectivity index (χ0n) is 12.1. The van der Waals surface area contributed by atoms with Crippen LogP contribution in [0.25, 0.3) is 0 Å². The highest BCUT2D eigenvalue weighted by atomic mass is 32.2. The van der Waals surface area contributed by atoms with Crippen molar-refractivity contribution >= 4 is 27.1 Å². The summed E-state index contributed by atoms with van der Waals surface area (Å²) in [6, 6.07) is 7.06.